The van der Waals surface area contributed by atoms with E-state index in [9.17, 15) is 9.59 Å². The van der Waals surface area contributed by atoms with Crippen LogP contribution in [0.4, 0.5) is 5.95 Å². The first kappa shape index (κ1) is 12.1. The molecule has 0 amide bonds. The van der Waals surface area contributed by atoms with E-state index in [1.54, 1.807) is 37.3 Å². The van der Waals surface area contributed by atoms with Crippen LogP contribution in [0.2, 0.25) is 0 Å². The molecule has 0 aliphatic rings. The van der Waals surface area contributed by atoms with Gasteiger partial charge in [0, 0.05) is 0 Å². The quantitative estimate of drug-likeness (QED) is 0.663. The van der Waals surface area contributed by atoms with E-state index in [1.807, 2.05) is 0 Å². The molecule has 0 aliphatic heterocycles. The van der Waals surface area contributed by atoms with Crippen molar-refractivity contribution in [2.45, 2.75) is 6.92 Å². The molecule has 2 heterocycles. The van der Waals surface area contributed by atoms with Gasteiger partial charge in [-0.1, -0.05) is 18.2 Å². The van der Waals surface area contributed by atoms with Crippen molar-refractivity contribution in [3.63, 3.8) is 0 Å². The summed E-state index contributed by atoms with van der Waals surface area (Å²) in [7, 11) is 0. The van der Waals surface area contributed by atoms with Crippen molar-refractivity contribution >= 4 is 17.0 Å². The van der Waals surface area contributed by atoms with Crippen LogP contribution in [0.5, 0.6) is 0 Å². The lowest BCUT2D eigenvalue weighted by Crippen LogP contribution is -2.34. The van der Waals surface area contributed by atoms with Crippen molar-refractivity contribution in [1.82, 2.24) is 19.5 Å². The first-order valence-corrected chi connectivity index (χ1v) is 5.92. The SMILES string of the molecule is Cc1nc(N)nc2[nH]c(=O)n(-c3ccccc3)c(=O)c12. The highest BCUT2D eigenvalue weighted by atomic mass is 16.2. The fourth-order valence-electron chi connectivity index (χ4n) is 2.11. The van der Waals surface area contributed by atoms with Gasteiger partial charge in [0.25, 0.3) is 5.56 Å². The number of aromatic nitrogens is 4. The maximum atomic E-state index is 12.5. The molecule has 0 atom stereocenters. The number of para-hydroxylation sites is 1. The summed E-state index contributed by atoms with van der Waals surface area (Å²) in [6, 6.07) is 8.65. The number of rotatable bonds is 1. The van der Waals surface area contributed by atoms with Gasteiger partial charge < -0.3 is 5.73 Å². The zero-order valence-electron chi connectivity index (χ0n) is 10.6. The molecule has 3 aromatic rings. The highest BCUT2D eigenvalue weighted by Gasteiger charge is 2.13. The van der Waals surface area contributed by atoms with Crippen LogP contribution in [0, 0.1) is 6.92 Å². The van der Waals surface area contributed by atoms with Gasteiger partial charge in [0.15, 0.2) is 5.65 Å². The number of aromatic amines is 1. The van der Waals surface area contributed by atoms with E-state index in [4.69, 9.17) is 5.73 Å². The summed E-state index contributed by atoms with van der Waals surface area (Å²) in [6.07, 6.45) is 0. The third kappa shape index (κ3) is 1.76. The van der Waals surface area contributed by atoms with Crippen LogP contribution in [0.25, 0.3) is 16.7 Å². The first-order valence-electron chi connectivity index (χ1n) is 5.92. The standard InChI is InChI=1S/C13H11N5O2/c1-7-9-10(16-12(14)15-7)17-13(20)18(11(9)19)8-5-3-2-4-6-8/h2-6H,1H3,(H3,14,15,16,17,20). The van der Waals surface area contributed by atoms with Crippen LogP contribution in [0.3, 0.4) is 0 Å². The number of benzene rings is 1. The Morgan fingerprint density at radius 3 is 2.55 bits per heavy atom. The van der Waals surface area contributed by atoms with E-state index in [0.29, 0.717) is 11.4 Å². The minimum Gasteiger partial charge on any atom is -0.368 e. The second-order valence-corrected chi connectivity index (χ2v) is 4.30. The van der Waals surface area contributed by atoms with E-state index in [-0.39, 0.29) is 17.0 Å². The van der Waals surface area contributed by atoms with Crippen LogP contribution in [-0.4, -0.2) is 19.5 Å². The topological polar surface area (TPSA) is 107 Å². The predicted octanol–water partition coefficient (Wildman–Crippen LogP) is 0.360. The van der Waals surface area contributed by atoms with Crippen LogP contribution >= 0.6 is 0 Å². The van der Waals surface area contributed by atoms with E-state index >= 15 is 0 Å². The third-order valence-corrected chi connectivity index (χ3v) is 2.97. The first-order chi connectivity index (χ1) is 9.58. The van der Waals surface area contributed by atoms with Gasteiger partial charge in [-0.15, -0.1) is 0 Å². The Kier molecular flexibility index (Phi) is 2.60. The zero-order chi connectivity index (χ0) is 14.3. The summed E-state index contributed by atoms with van der Waals surface area (Å²) in [5, 5.41) is 0.252. The molecule has 7 heteroatoms. The van der Waals surface area contributed by atoms with Crippen molar-refractivity contribution < 1.29 is 0 Å². The molecule has 0 bridgehead atoms. The Hall–Kier alpha value is -2.96. The lowest BCUT2D eigenvalue weighted by Gasteiger charge is -2.07. The van der Waals surface area contributed by atoms with Gasteiger partial charge in [-0.2, -0.15) is 4.98 Å². The molecule has 0 unspecified atom stereocenters. The fourth-order valence-corrected chi connectivity index (χ4v) is 2.11. The second kappa shape index (κ2) is 4.30. The van der Waals surface area contributed by atoms with Crippen molar-refractivity contribution in [3.8, 4) is 5.69 Å². The number of nitrogens with zero attached hydrogens (tertiary/aromatic N) is 3. The number of hydrogen-bond acceptors (Lipinski definition) is 5. The van der Waals surface area contributed by atoms with E-state index in [1.165, 1.54) is 0 Å². The van der Waals surface area contributed by atoms with E-state index in [2.05, 4.69) is 15.0 Å². The molecule has 0 fully saturated rings. The summed E-state index contributed by atoms with van der Waals surface area (Å²) in [5.41, 5.74) is 5.55. The molecule has 0 saturated heterocycles. The monoisotopic (exact) mass is 269 g/mol. The largest absolute Gasteiger partial charge is 0.368 e. The highest BCUT2D eigenvalue weighted by Crippen LogP contribution is 2.09. The molecule has 0 aliphatic carbocycles. The summed E-state index contributed by atoms with van der Waals surface area (Å²) in [6.45, 7) is 1.65. The Balaban J connectivity index is 2.48. The summed E-state index contributed by atoms with van der Waals surface area (Å²) in [4.78, 5) is 35.0. The summed E-state index contributed by atoms with van der Waals surface area (Å²) in [5.74, 6) is 0.0162. The molecule has 7 nitrogen and oxygen atoms in total. The van der Waals surface area contributed by atoms with E-state index < -0.39 is 11.2 Å². The predicted molar refractivity (Wildman–Crippen MR) is 74.9 cm³/mol. The molecule has 0 saturated carbocycles. The Bertz CT molecular complexity index is 912. The number of anilines is 1. The lowest BCUT2D eigenvalue weighted by atomic mass is 10.2. The minimum absolute atomic E-state index is 0.0162. The smallest absolute Gasteiger partial charge is 0.334 e. The third-order valence-electron chi connectivity index (χ3n) is 2.97. The van der Waals surface area contributed by atoms with Crippen LogP contribution in [0.1, 0.15) is 5.69 Å². The number of fused-ring (bicyclic) bond motifs is 1. The maximum Gasteiger partial charge on any atom is 0.334 e. The molecule has 20 heavy (non-hydrogen) atoms. The lowest BCUT2D eigenvalue weighted by molar-refractivity contribution is 0.890. The average Bonchev–Trinajstić information content (AvgIpc) is 2.38. The zero-order valence-corrected chi connectivity index (χ0v) is 10.6. The van der Waals surface area contributed by atoms with Crippen molar-refractivity contribution in [2.24, 2.45) is 0 Å². The van der Waals surface area contributed by atoms with Gasteiger partial charge in [0.05, 0.1) is 11.4 Å². The van der Waals surface area contributed by atoms with Gasteiger partial charge in [-0.3, -0.25) is 9.78 Å². The normalized spacial score (nSPS) is 10.8. The average molecular weight is 269 g/mol. The Morgan fingerprint density at radius 2 is 1.85 bits per heavy atom. The Labute approximate surface area is 112 Å². The molecular formula is C13H11N5O2. The number of H-pyrrole nitrogens is 1. The highest BCUT2D eigenvalue weighted by molar-refractivity contribution is 5.77. The fraction of sp³-hybridized carbons (Fsp3) is 0.0769. The number of nitrogens with two attached hydrogens (primary N) is 1. The Morgan fingerprint density at radius 1 is 1.15 bits per heavy atom. The van der Waals surface area contributed by atoms with Gasteiger partial charge in [-0.05, 0) is 19.1 Å². The van der Waals surface area contributed by atoms with Gasteiger partial charge in [0.1, 0.15) is 5.39 Å². The summed E-state index contributed by atoms with van der Waals surface area (Å²) >= 11 is 0. The van der Waals surface area contributed by atoms with Crippen molar-refractivity contribution in [1.29, 1.82) is 0 Å². The number of hydrogen-bond donors (Lipinski definition) is 2. The molecule has 1 aromatic carbocycles. The van der Waals surface area contributed by atoms with Crippen LogP contribution in [-0.2, 0) is 0 Å². The van der Waals surface area contributed by atoms with Crippen LogP contribution < -0.4 is 17.0 Å². The molecule has 3 rings (SSSR count). The van der Waals surface area contributed by atoms with Gasteiger partial charge >= 0.3 is 5.69 Å². The van der Waals surface area contributed by atoms with Crippen LogP contribution in [0.15, 0.2) is 39.9 Å². The number of aryl methyl sites for hydroxylation is 1. The number of nitrogen functional groups attached to an aromatic ring is 1. The molecular weight excluding hydrogens is 258 g/mol. The summed E-state index contributed by atoms with van der Waals surface area (Å²) < 4.78 is 1.05. The maximum absolute atomic E-state index is 12.5. The molecule has 0 spiro atoms. The van der Waals surface area contributed by atoms with Crippen molar-refractivity contribution in [3.05, 3.63) is 56.9 Å². The van der Waals surface area contributed by atoms with E-state index in [0.717, 1.165) is 4.57 Å². The molecule has 0 radical (unpaired) electrons. The minimum atomic E-state index is -0.564. The van der Waals surface area contributed by atoms with Gasteiger partial charge in [0.2, 0.25) is 5.95 Å². The molecule has 3 N–H and O–H groups in total. The second-order valence-electron chi connectivity index (χ2n) is 4.30. The molecule has 100 valence electrons. The van der Waals surface area contributed by atoms with Gasteiger partial charge in [-0.25, -0.2) is 14.3 Å². The number of nitrogens with one attached hydrogen (secondary N) is 1. The van der Waals surface area contributed by atoms with Crippen molar-refractivity contribution in [2.75, 3.05) is 5.73 Å². The molecule has 2 aromatic heterocycles.